The highest BCUT2D eigenvalue weighted by Crippen LogP contribution is 2.35. The van der Waals surface area contributed by atoms with E-state index >= 15 is 0 Å². The lowest BCUT2D eigenvalue weighted by atomic mass is 9.98. The standard InChI is InChI=1S/C13H18N2OS/c16-13(7-10-8-14-9-10)15-5-1-3-11(15)12-4-2-6-17-12/h2,4,6,10-11,14H,1,3,5,7-9H2. The predicted molar refractivity (Wildman–Crippen MR) is 69.0 cm³/mol. The molecule has 2 aliphatic heterocycles. The fourth-order valence-corrected chi connectivity index (χ4v) is 3.57. The summed E-state index contributed by atoms with van der Waals surface area (Å²) in [7, 11) is 0. The minimum absolute atomic E-state index is 0.354. The van der Waals surface area contributed by atoms with Crippen LogP contribution in [0.4, 0.5) is 0 Å². The van der Waals surface area contributed by atoms with Crippen LogP contribution in [0.15, 0.2) is 17.5 Å². The van der Waals surface area contributed by atoms with Crippen molar-refractivity contribution in [1.82, 2.24) is 10.2 Å². The number of carbonyl (C=O) groups excluding carboxylic acids is 1. The van der Waals surface area contributed by atoms with Gasteiger partial charge in [-0.15, -0.1) is 11.3 Å². The maximum absolute atomic E-state index is 12.3. The molecule has 1 atom stereocenters. The van der Waals surface area contributed by atoms with Gasteiger partial charge in [0.05, 0.1) is 6.04 Å². The second-order valence-corrected chi connectivity index (χ2v) is 5.97. The number of likely N-dealkylation sites (tertiary alicyclic amines) is 1. The van der Waals surface area contributed by atoms with Crippen molar-refractivity contribution < 1.29 is 4.79 Å². The summed E-state index contributed by atoms with van der Waals surface area (Å²) < 4.78 is 0. The fourth-order valence-electron chi connectivity index (χ4n) is 2.70. The maximum Gasteiger partial charge on any atom is 0.223 e. The van der Waals surface area contributed by atoms with Crippen LogP contribution in [0.25, 0.3) is 0 Å². The molecule has 1 unspecified atom stereocenters. The van der Waals surface area contributed by atoms with Crippen LogP contribution < -0.4 is 5.32 Å². The monoisotopic (exact) mass is 250 g/mol. The molecular formula is C13H18N2OS. The maximum atomic E-state index is 12.3. The van der Waals surface area contributed by atoms with Crippen molar-refractivity contribution in [3.05, 3.63) is 22.4 Å². The van der Waals surface area contributed by atoms with E-state index in [-0.39, 0.29) is 0 Å². The smallest absolute Gasteiger partial charge is 0.223 e. The zero-order chi connectivity index (χ0) is 11.7. The summed E-state index contributed by atoms with van der Waals surface area (Å²) in [6.07, 6.45) is 3.02. The Kier molecular flexibility index (Phi) is 3.16. The largest absolute Gasteiger partial charge is 0.335 e. The van der Waals surface area contributed by atoms with Crippen LogP contribution in [0.1, 0.15) is 30.2 Å². The normalized spacial score (nSPS) is 24.9. The third-order valence-electron chi connectivity index (χ3n) is 3.77. The first-order valence-electron chi connectivity index (χ1n) is 6.38. The van der Waals surface area contributed by atoms with E-state index in [0.717, 1.165) is 38.9 Å². The van der Waals surface area contributed by atoms with Crippen LogP contribution in [-0.4, -0.2) is 30.4 Å². The first-order valence-corrected chi connectivity index (χ1v) is 7.26. The average molecular weight is 250 g/mol. The van der Waals surface area contributed by atoms with Gasteiger partial charge in [0.1, 0.15) is 0 Å². The molecule has 1 N–H and O–H groups in total. The van der Waals surface area contributed by atoms with Crippen molar-refractivity contribution in [3.63, 3.8) is 0 Å². The van der Waals surface area contributed by atoms with Crippen molar-refractivity contribution in [1.29, 1.82) is 0 Å². The zero-order valence-corrected chi connectivity index (χ0v) is 10.7. The van der Waals surface area contributed by atoms with Gasteiger partial charge < -0.3 is 10.2 Å². The number of amides is 1. The number of thiophene rings is 1. The Bertz CT molecular complexity index is 386. The van der Waals surface area contributed by atoms with Crippen LogP contribution in [0, 0.1) is 5.92 Å². The second-order valence-electron chi connectivity index (χ2n) is 4.99. The molecule has 3 heterocycles. The molecule has 4 heteroatoms. The lowest BCUT2D eigenvalue weighted by molar-refractivity contribution is -0.133. The first-order chi connectivity index (χ1) is 8.34. The molecule has 0 spiro atoms. The molecule has 0 aliphatic carbocycles. The van der Waals surface area contributed by atoms with E-state index in [1.54, 1.807) is 11.3 Å². The van der Waals surface area contributed by atoms with Crippen molar-refractivity contribution in [2.24, 2.45) is 5.92 Å². The Balaban J connectivity index is 1.66. The Morgan fingerprint density at radius 3 is 3.06 bits per heavy atom. The van der Waals surface area contributed by atoms with Gasteiger partial charge in [0, 0.05) is 17.8 Å². The molecule has 3 nitrogen and oxygen atoms in total. The van der Waals surface area contributed by atoms with Crippen molar-refractivity contribution in [2.45, 2.75) is 25.3 Å². The third kappa shape index (κ3) is 2.24. The summed E-state index contributed by atoms with van der Waals surface area (Å²) in [6.45, 7) is 2.98. The SMILES string of the molecule is O=C(CC1CNC1)N1CCCC1c1cccs1. The number of hydrogen-bond donors (Lipinski definition) is 1. The zero-order valence-electron chi connectivity index (χ0n) is 9.89. The van der Waals surface area contributed by atoms with E-state index in [4.69, 9.17) is 0 Å². The second kappa shape index (κ2) is 4.78. The van der Waals surface area contributed by atoms with E-state index in [2.05, 4.69) is 27.7 Å². The van der Waals surface area contributed by atoms with E-state index in [9.17, 15) is 4.79 Å². The van der Waals surface area contributed by atoms with Crippen molar-refractivity contribution in [3.8, 4) is 0 Å². The van der Waals surface area contributed by atoms with Gasteiger partial charge >= 0.3 is 0 Å². The molecule has 1 amide bonds. The molecule has 0 bridgehead atoms. The van der Waals surface area contributed by atoms with Crippen LogP contribution in [0.2, 0.25) is 0 Å². The highest BCUT2D eigenvalue weighted by molar-refractivity contribution is 7.10. The third-order valence-corrected chi connectivity index (χ3v) is 4.75. The van der Waals surface area contributed by atoms with Gasteiger partial charge in [-0.2, -0.15) is 0 Å². The average Bonchev–Trinajstić information content (AvgIpc) is 2.91. The molecule has 17 heavy (non-hydrogen) atoms. The van der Waals surface area contributed by atoms with Crippen LogP contribution >= 0.6 is 11.3 Å². The van der Waals surface area contributed by atoms with Gasteiger partial charge in [0.25, 0.3) is 0 Å². The Morgan fingerprint density at radius 1 is 1.53 bits per heavy atom. The number of nitrogens with zero attached hydrogens (tertiary/aromatic N) is 1. The summed E-state index contributed by atoms with van der Waals surface area (Å²) in [5.74, 6) is 0.930. The van der Waals surface area contributed by atoms with Gasteiger partial charge in [0.15, 0.2) is 0 Å². The predicted octanol–water partition coefficient (Wildman–Crippen LogP) is 2.02. The van der Waals surface area contributed by atoms with Gasteiger partial charge in [0.2, 0.25) is 5.91 Å². The number of carbonyl (C=O) groups is 1. The number of nitrogens with one attached hydrogen (secondary N) is 1. The van der Waals surface area contributed by atoms with Crippen LogP contribution in [0.3, 0.4) is 0 Å². The number of hydrogen-bond acceptors (Lipinski definition) is 3. The van der Waals surface area contributed by atoms with E-state index in [1.165, 1.54) is 4.88 Å². The Labute approximate surface area is 106 Å². The van der Waals surface area contributed by atoms with E-state index in [1.807, 2.05) is 0 Å². The highest BCUT2D eigenvalue weighted by atomic mass is 32.1. The topological polar surface area (TPSA) is 32.3 Å². The molecule has 92 valence electrons. The number of rotatable bonds is 3. The molecule has 0 saturated carbocycles. The highest BCUT2D eigenvalue weighted by Gasteiger charge is 2.32. The van der Waals surface area contributed by atoms with Gasteiger partial charge in [-0.05, 0) is 43.3 Å². The van der Waals surface area contributed by atoms with Gasteiger partial charge in [-0.1, -0.05) is 6.07 Å². The lowest BCUT2D eigenvalue weighted by Crippen LogP contribution is -2.45. The first kappa shape index (κ1) is 11.2. The summed E-state index contributed by atoms with van der Waals surface area (Å²) in [6, 6.07) is 4.60. The van der Waals surface area contributed by atoms with E-state index < -0.39 is 0 Å². The van der Waals surface area contributed by atoms with Crippen molar-refractivity contribution >= 4 is 17.2 Å². The molecule has 3 rings (SSSR count). The lowest BCUT2D eigenvalue weighted by Gasteiger charge is -2.30. The van der Waals surface area contributed by atoms with Gasteiger partial charge in [-0.3, -0.25) is 4.79 Å². The molecule has 1 aromatic rings. The molecule has 2 aliphatic rings. The van der Waals surface area contributed by atoms with Crippen molar-refractivity contribution in [2.75, 3.05) is 19.6 Å². The summed E-state index contributed by atoms with van der Waals surface area (Å²) in [4.78, 5) is 15.7. The quantitative estimate of drug-likeness (QED) is 0.890. The Hall–Kier alpha value is -0.870. The molecule has 2 fully saturated rings. The van der Waals surface area contributed by atoms with Crippen LogP contribution in [0.5, 0.6) is 0 Å². The molecule has 0 radical (unpaired) electrons. The minimum Gasteiger partial charge on any atom is -0.335 e. The van der Waals surface area contributed by atoms with E-state index in [0.29, 0.717) is 17.9 Å². The summed E-state index contributed by atoms with van der Waals surface area (Å²) in [5.41, 5.74) is 0. The molecule has 0 aromatic carbocycles. The van der Waals surface area contributed by atoms with Gasteiger partial charge in [-0.25, -0.2) is 0 Å². The molecule has 1 aromatic heterocycles. The summed E-state index contributed by atoms with van der Waals surface area (Å²) in [5, 5.41) is 5.33. The minimum atomic E-state index is 0.354. The van der Waals surface area contributed by atoms with Crippen LogP contribution in [-0.2, 0) is 4.79 Å². The fraction of sp³-hybridized carbons (Fsp3) is 0.615. The summed E-state index contributed by atoms with van der Waals surface area (Å²) >= 11 is 1.77. The molecule has 2 saturated heterocycles. The molecular weight excluding hydrogens is 232 g/mol. The Morgan fingerprint density at radius 2 is 2.41 bits per heavy atom.